The highest BCUT2D eigenvalue weighted by Crippen LogP contribution is 2.22. The summed E-state index contributed by atoms with van der Waals surface area (Å²) in [5.74, 6) is 0.172. The maximum Gasteiger partial charge on any atom is 0.413 e. The van der Waals surface area contributed by atoms with Crippen molar-refractivity contribution in [2.24, 2.45) is 0 Å². The van der Waals surface area contributed by atoms with Crippen molar-refractivity contribution in [2.45, 2.75) is 31.7 Å². The van der Waals surface area contributed by atoms with Crippen LogP contribution >= 0.6 is 0 Å². The Hall–Kier alpha value is -2.84. The van der Waals surface area contributed by atoms with Crippen molar-refractivity contribution < 1.29 is 24.4 Å². The number of benzene rings is 1. The summed E-state index contributed by atoms with van der Waals surface area (Å²) in [6, 6.07) is 5.14. The molecular weight excluding hydrogens is 318 g/mol. The number of hydrogen-bond donors (Lipinski definition) is 2. The van der Waals surface area contributed by atoms with Crippen LogP contribution in [0.25, 0.3) is 0 Å². The molecule has 0 aromatic heterocycles. The van der Waals surface area contributed by atoms with Crippen molar-refractivity contribution in [2.75, 3.05) is 13.1 Å². The highest BCUT2D eigenvalue weighted by molar-refractivity contribution is 5.72. The Morgan fingerprint density at radius 1 is 1.33 bits per heavy atom. The number of carboxylic acid groups (broad SMARTS) is 1. The molecule has 1 atom stereocenters. The number of nitrogens with zero attached hydrogens (tertiary/aromatic N) is 2. The van der Waals surface area contributed by atoms with E-state index in [1.807, 2.05) is 0 Å². The largest absolute Gasteiger partial charge is 0.465 e. The van der Waals surface area contributed by atoms with Crippen LogP contribution in [0.3, 0.4) is 0 Å². The van der Waals surface area contributed by atoms with Crippen LogP contribution in [0, 0.1) is 10.1 Å². The van der Waals surface area contributed by atoms with Gasteiger partial charge in [0, 0.05) is 25.2 Å². The number of carbonyl (C=O) groups excluding carboxylic acids is 1. The fraction of sp³-hybridized carbons (Fsp3) is 0.467. The highest BCUT2D eigenvalue weighted by atomic mass is 16.6. The SMILES string of the molecule is CC1(NC(=O)Oc2ccc([N+](=O)[O-])cc2)CCCCN(C(=O)O)C1. The average molecular weight is 337 g/mol. The first kappa shape index (κ1) is 17.5. The molecule has 1 unspecified atom stereocenters. The van der Waals surface area contributed by atoms with Gasteiger partial charge in [0.2, 0.25) is 0 Å². The standard InChI is InChI=1S/C15H19N3O6/c1-15(8-2-3-9-17(10-15)14(20)21)16-13(19)24-12-6-4-11(5-7-12)18(22)23/h4-7H,2-3,8-10H2,1H3,(H,16,19)(H,20,21). The Morgan fingerprint density at radius 3 is 2.58 bits per heavy atom. The molecule has 1 aliphatic rings. The summed E-state index contributed by atoms with van der Waals surface area (Å²) in [6.07, 6.45) is 0.415. The number of nitro benzene ring substituents is 1. The lowest BCUT2D eigenvalue weighted by molar-refractivity contribution is -0.384. The zero-order chi connectivity index (χ0) is 17.7. The number of ether oxygens (including phenoxy) is 1. The van der Waals surface area contributed by atoms with Crippen LogP contribution < -0.4 is 10.1 Å². The summed E-state index contributed by atoms with van der Waals surface area (Å²) in [5, 5.41) is 22.5. The minimum atomic E-state index is -1.02. The van der Waals surface area contributed by atoms with E-state index in [4.69, 9.17) is 9.84 Å². The summed E-state index contributed by atoms with van der Waals surface area (Å²) in [4.78, 5) is 34.6. The smallest absolute Gasteiger partial charge is 0.413 e. The number of non-ortho nitro benzene ring substituents is 1. The Kier molecular flexibility index (Phi) is 5.22. The molecule has 1 fully saturated rings. The van der Waals surface area contributed by atoms with E-state index >= 15 is 0 Å². The second-order valence-corrected chi connectivity index (χ2v) is 5.99. The molecule has 24 heavy (non-hydrogen) atoms. The molecule has 0 saturated carbocycles. The fourth-order valence-electron chi connectivity index (χ4n) is 2.68. The number of rotatable bonds is 3. The summed E-state index contributed by atoms with van der Waals surface area (Å²) in [5.41, 5.74) is -0.831. The molecule has 1 aromatic rings. The average Bonchev–Trinajstić information content (AvgIpc) is 2.69. The van der Waals surface area contributed by atoms with Crippen molar-refractivity contribution >= 4 is 17.9 Å². The van der Waals surface area contributed by atoms with Crippen LogP contribution in [0.15, 0.2) is 24.3 Å². The molecule has 1 aromatic carbocycles. The van der Waals surface area contributed by atoms with Crippen molar-refractivity contribution in [1.82, 2.24) is 10.2 Å². The lowest BCUT2D eigenvalue weighted by atomic mass is 9.96. The topological polar surface area (TPSA) is 122 Å². The molecule has 9 nitrogen and oxygen atoms in total. The molecule has 0 aliphatic carbocycles. The first-order valence-corrected chi connectivity index (χ1v) is 7.51. The Balaban J connectivity index is 1.99. The normalized spacial score (nSPS) is 20.8. The molecule has 1 aliphatic heterocycles. The predicted octanol–water partition coefficient (Wildman–Crippen LogP) is 2.61. The Morgan fingerprint density at radius 2 is 2.00 bits per heavy atom. The number of nitro groups is 1. The van der Waals surface area contributed by atoms with Gasteiger partial charge in [-0.1, -0.05) is 0 Å². The van der Waals surface area contributed by atoms with Gasteiger partial charge in [0.15, 0.2) is 0 Å². The zero-order valence-electron chi connectivity index (χ0n) is 13.2. The number of likely N-dealkylation sites (tertiary alicyclic amines) is 1. The second kappa shape index (κ2) is 7.16. The minimum Gasteiger partial charge on any atom is -0.465 e. The second-order valence-electron chi connectivity index (χ2n) is 5.99. The number of amides is 2. The monoisotopic (exact) mass is 337 g/mol. The van der Waals surface area contributed by atoms with E-state index in [0.717, 1.165) is 12.8 Å². The quantitative estimate of drug-likeness (QED) is 0.646. The summed E-state index contributed by atoms with van der Waals surface area (Å²) in [7, 11) is 0. The van der Waals surface area contributed by atoms with Crippen LogP contribution in [0.5, 0.6) is 5.75 Å². The molecule has 130 valence electrons. The minimum absolute atomic E-state index is 0.101. The van der Waals surface area contributed by atoms with Gasteiger partial charge in [0.25, 0.3) is 5.69 Å². The molecule has 0 bridgehead atoms. The van der Waals surface area contributed by atoms with Crippen molar-refractivity contribution in [3.05, 3.63) is 34.4 Å². The molecule has 1 saturated heterocycles. The predicted molar refractivity (Wildman–Crippen MR) is 84.1 cm³/mol. The zero-order valence-corrected chi connectivity index (χ0v) is 13.2. The van der Waals surface area contributed by atoms with Gasteiger partial charge in [-0.2, -0.15) is 0 Å². The third-order valence-electron chi connectivity index (χ3n) is 3.88. The van der Waals surface area contributed by atoms with Gasteiger partial charge >= 0.3 is 12.2 Å². The highest BCUT2D eigenvalue weighted by Gasteiger charge is 2.33. The number of carbonyl (C=O) groups is 2. The van der Waals surface area contributed by atoms with Gasteiger partial charge < -0.3 is 20.1 Å². The van der Waals surface area contributed by atoms with E-state index in [1.54, 1.807) is 6.92 Å². The van der Waals surface area contributed by atoms with Crippen molar-refractivity contribution in [3.8, 4) is 5.75 Å². The van der Waals surface area contributed by atoms with Crippen LogP contribution in [-0.4, -0.2) is 45.7 Å². The van der Waals surface area contributed by atoms with Crippen molar-refractivity contribution in [3.63, 3.8) is 0 Å². The molecule has 0 radical (unpaired) electrons. The molecular formula is C15H19N3O6. The molecule has 2 amide bonds. The number of hydrogen-bond acceptors (Lipinski definition) is 5. The maximum atomic E-state index is 12.1. The molecule has 2 rings (SSSR count). The van der Waals surface area contributed by atoms with Gasteiger partial charge in [-0.05, 0) is 38.3 Å². The summed E-state index contributed by atoms with van der Waals surface area (Å²) >= 11 is 0. The van der Waals surface area contributed by atoms with Crippen LogP contribution in [0.2, 0.25) is 0 Å². The van der Waals surface area contributed by atoms with E-state index in [9.17, 15) is 19.7 Å². The van der Waals surface area contributed by atoms with Gasteiger partial charge in [-0.15, -0.1) is 0 Å². The van der Waals surface area contributed by atoms with E-state index in [2.05, 4.69) is 5.32 Å². The molecule has 1 heterocycles. The Labute approximate surface area is 138 Å². The first-order valence-electron chi connectivity index (χ1n) is 7.51. The summed E-state index contributed by atoms with van der Waals surface area (Å²) in [6.45, 7) is 2.38. The van der Waals surface area contributed by atoms with E-state index in [0.29, 0.717) is 13.0 Å². The lowest BCUT2D eigenvalue weighted by Crippen LogP contribution is -2.54. The molecule has 0 spiro atoms. The molecule has 9 heteroatoms. The van der Waals surface area contributed by atoms with Crippen LogP contribution in [0.1, 0.15) is 26.2 Å². The van der Waals surface area contributed by atoms with Gasteiger partial charge in [-0.3, -0.25) is 10.1 Å². The summed E-state index contributed by atoms with van der Waals surface area (Å²) < 4.78 is 5.12. The van der Waals surface area contributed by atoms with Gasteiger partial charge in [-0.25, -0.2) is 9.59 Å². The fourth-order valence-corrected chi connectivity index (χ4v) is 2.68. The maximum absolute atomic E-state index is 12.1. The van der Waals surface area contributed by atoms with Crippen LogP contribution in [-0.2, 0) is 0 Å². The third kappa shape index (κ3) is 4.58. The number of nitrogens with one attached hydrogen (secondary N) is 1. The van der Waals surface area contributed by atoms with Gasteiger partial charge in [0.1, 0.15) is 5.75 Å². The van der Waals surface area contributed by atoms with E-state index in [-0.39, 0.29) is 18.0 Å². The third-order valence-corrected chi connectivity index (χ3v) is 3.88. The molecule has 2 N–H and O–H groups in total. The van der Waals surface area contributed by atoms with E-state index < -0.39 is 22.6 Å². The lowest BCUT2D eigenvalue weighted by Gasteiger charge is -2.32. The first-order chi connectivity index (χ1) is 11.3. The van der Waals surface area contributed by atoms with Gasteiger partial charge in [0.05, 0.1) is 10.5 Å². The van der Waals surface area contributed by atoms with E-state index in [1.165, 1.54) is 29.2 Å². The Bertz CT molecular complexity index is 633. The van der Waals surface area contributed by atoms with Crippen LogP contribution in [0.4, 0.5) is 15.3 Å². The van der Waals surface area contributed by atoms with Crippen molar-refractivity contribution in [1.29, 1.82) is 0 Å².